The van der Waals surface area contributed by atoms with Crippen molar-refractivity contribution in [2.45, 2.75) is 19.2 Å². The van der Waals surface area contributed by atoms with Crippen LogP contribution in [-0.4, -0.2) is 39.9 Å². The fraction of sp³-hybridized carbons (Fsp3) is 0.500. The van der Waals surface area contributed by atoms with Crippen LogP contribution in [-0.2, 0) is 9.39 Å². The lowest BCUT2D eigenvalue weighted by atomic mass is 9.79. The minimum Gasteiger partial charge on any atom is -0.462 e. The molecule has 1 saturated heterocycles. The molecule has 0 amide bonds. The summed E-state index contributed by atoms with van der Waals surface area (Å²) in [4.78, 5) is 13.3. The molecule has 0 radical (unpaired) electrons. The first-order valence-corrected chi connectivity index (χ1v) is 7.25. The largest absolute Gasteiger partial charge is 0.462 e. The average molecular weight is 312 g/mol. The highest BCUT2D eigenvalue weighted by molar-refractivity contribution is 6.30. The van der Waals surface area contributed by atoms with Crippen molar-refractivity contribution >= 4 is 19.1 Å². The number of nitrogens with zero attached hydrogens (tertiary/aromatic N) is 1. The van der Waals surface area contributed by atoms with E-state index in [2.05, 4.69) is 0 Å². The van der Waals surface area contributed by atoms with Crippen LogP contribution >= 0.6 is 0 Å². The molecule has 2 N–H and O–H groups in total. The highest BCUT2D eigenvalue weighted by Gasteiger charge is 2.27. The van der Waals surface area contributed by atoms with Gasteiger partial charge in [0.15, 0.2) is 0 Å². The molecule has 0 saturated carbocycles. The Bertz CT molecular complexity index is 545. The minimum absolute atomic E-state index is 0.108. The van der Waals surface area contributed by atoms with E-state index in [9.17, 15) is 13.6 Å². The third-order valence-electron chi connectivity index (χ3n) is 3.63. The molecule has 1 aliphatic rings. The van der Waals surface area contributed by atoms with Gasteiger partial charge in [-0.2, -0.15) is 0 Å². The second kappa shape index (κ2) is 7.55. The molecule has 1 fully saturated rings. The zero-order valence-electron chi connectivity index (χ0n) is 12.5. The molecule has 1 heterocycles. The van der Waals surface area contributed by atoms with Crippen LogP contribution in [0.2, 0.25) is 5.82 Å². The molecular formula is C14H19BF2N2O3. The van der Waals surface area contributed by atoms with E-state index in [-0.39, 0.29) is 30.4 Å². The van der Waals surface area contributed by atoms with Gasteiger partial charge in [0.1, 0.15) is 11.6 Å². The smallest absolute Gasteiger partial charge is 0.341 e. The maximum atomic E-state index is 14.2. The molecule has 1 aliphatic heterocycles. The number of halogens is 2. The van der Waals surface area contributed by atoms with Crippen LogP contribution in [0, 0.1) is 11.6 Å². The summed E-state index contributed by atoms with van der Waals surface area (Å²) in [6.07, 6.45) is 0.820. The van der Waals surface area contributed by atoms with Gasteiger partial charge in [0.25, 0.3) is 7.48 Å². The Balaban J connectivity index is 2.13. The molecule has 22 heavy (non-hydrogen) atoms. The Morgan fingerprint density at radius 3 is 2.91 bits per heavy atom. The SMILES string of the molecule is CCOC(=O)c1cc(F)c(N2CCC(BOCN)C2)cc1F. The Morgan fingerprint density at radius 1 is 1.45 bits per heavy atom. The molecule has 5 nitrogen and oxygen atoms in total. The highest BCUT2D eigenvalue weighted by atomic mass is 19.1. The number of anilines is 1. The van der Waals surface area contributed by atoms with Crippen LogP contribution in [0.4, 0.5) is 14.5 Å². The van der Waals surface area contributed by atoms with E-state index in [0.29, 0.717) is 20.6 Å². The summed E-state index contributed by atoms with van der Waals surface area (Å²) in [6.45, 7) is 3.03. The van der Waals surface area contributed by atoms with Gasteiger partial charge in [-0.1, -0.05) is 0 Å². The number of esters is 1. The lowest BCUT2D eigenvalue weighted by molar-refractivity contribution is 0.0520. The molecular weight excluding hydrogens is 293 g/mol. The standard InChI is InChI=1S/C14H19BF2N2O3/c1-2-21-14(20)10-5-12(17)13(6-11(10)16)19-4-3-9(7-19)15-22-8-18/h5-6,9,15H,2-4,7-8,18H2,1H3. The summed E-state index contributed by atoms with van der Waals surface area (Å²) in [7, 11) is 0.498. The molecule has 0 spiro atoms. The van der Waals surface area contributed by atoms with E-state index in [0.717, 1.165) is 18.6 Å². The van der Waals surface area contributed by atoms with Crippen molar-refractivity contribution in [1.82, 2.24) is 0 Å². The van der Waals surface area contributed by atoms with E-state index in [1.165, 1.54) is 0 Å². The van der Waals surface area contributed by atoms with Crippen molar-refractivity contribution in [2.24, 2.45) is 5.73 Å². The summed E-state index contributed by atoms with van der Waals surface area (Å²) < 4.78 is 38.1. The first-order chi connectivity index (χ1) is 10.6. The lowest BCUT2D eigenvalue weighted by Crippen LogP contribution is -2.22. The first kappa shape index (κ1) is 16.7. The van der Waals surface area contributed by atoms with Gasteiger partial charge in [0.05, 0.1) is 24.6 Å². The van der Waals surface area contributed by atoms with Gasteiger partial charge in [-0.05, 0) is 25.2 Å². The van der Waals surface area contributed by atoms with Gasteiger partial charge in [-0.3, -0.25) is 0 Å². The number of benzene rings is 1. The van der Waals surface area contributed by atoms with E-state index < -0.39 is 17.6 Å². The quantitative estimate of drug-likeness (QED) is 0.489. The van der Waals surface area contributed by atoms with Gasteiger partial charge in [-0.25, -0.2) is 13.6 Å². The van der Waals surface area contributed by atoms with Crippen molar-refractivity contribution in [2.75, 3.05) is 31.3 Å². The topological polar surface area (TPSA) is 64.8 Å². The predicted octanol–water partition coefficient (Wildman–Crippen LogP) is 1.42. The van der Waals surface area contributed by atoms with Gasteiger partial charge >= 0.3 is 5.97 Å². The van der Waals surface area contributed by atoms with Gasteiger partial charge in [0, 0.05) is 19.2 Å². The number of ether oxygens (including phenoxy) is 1. The Labute approximate surface area is 128 Å². The maximum absolute atomic E-state index is 14.2. The lowest BCUT2D eigenvalue weighted by Gasteiger charge is -2.20. The van der Waals surface area contributed by atoms with Gasteiger partial charge < -0.3 is 20.0 Å². The third kappa shape index (κ3) is 3.75. The molecule has 1 aromatic carbocycles. The van der Waals surface area contributed by atoms with Crippen LogP contribution in [0.15, 0.2) is 12.1 Å². The van der Waals surface area contributed by atoms with E-state index in [1.54, 1.807) is 11.8 Å². The Hall–Kier alpha value is -1.67. The summed E-state index contributed by atoms with van der Waals surface area (Å²) in [5.74, 6) is -2.04. The molecule has 2 rings (SSSR count). The molecule has 0 aromatic heterocycles. The number of carbonyl (C=O) groups is 1. The van der Waals surface area contributed by atoms with Crippen LogP contribution in [0.25, 0.3) is 0 Å². The summed E-state index contributed by atoms with van der Waals surface area (Å²) in [5.41, 5.74) is 5.05. The number of hydrogen-bond donors (Lipinski definition) is 1. The normalized spacial score (nSPS) is 17.6. The Kier molecular flexibility index (Phi) is 5.73. The molecule has 1 atom stereocenters. The molecule has 1 unspecified atom stereocenters. The van der Waals surface area contributed by atoms with Crippen molar-refractivity contribution in [3.05, 3.63) is 29.3 Å². The Morgan fingerprint density at radius 2 is 2.23 bits per heavy atom. The molecule has 0 aliphatic carbocycles. The monoisotopic (exact) mass is 312 g/mol. The predicted molar refractivity (Wildman–Crippen MR) is 80.2 cm³/mol. The number of nitrogens with two attached hydrogens (primary N) is 1. The van der Waals surface area contributed by atoms with Crippen LogP contribution in [0.1, 0.15) is 23.7 Å². The summed E-state index contributed by atoms with van der Waals surface area (Å²) >= 11 is 0. The maximum Gasteiger partial charge on any atom is 0.341 e. The number of carbonyl (C=O) groups excluding carboxylic acids is 1. The van der Waals surface area contributed by atoms with Crippen LogP contribution < -0.4 is 10.6 Å². The average Bonchev–Trinajstić information content (AvgIpc) is 2.96. The van der Waals surface area contributed by atoms with Crippen molar-refractivity contribution in [3.63, 3.8) is 0 Å². The zero-order valence-corrected chi connectivity index (χ0v) is 12.5. The van der Waals surface area contributed by atoms with Crippen molar-refractivity contribution in [1.29, 1.82) is 0 Å². The molecule has 0 bridgehead atoms. The van der Waals surface area contributed by atoms with E-state index >= 15 is 0 Å². The number of hydrogen-bond acceptors (Lipinski definition) is 5. The summed E-state index contributed by atoms with van der Waals surface area (Å²) in [5, 5.41) is 0. The number of rotatable bonds is 6. The van der Waals surface area contributed by atoms with E-state index in [4.69, 9.17) is 15.1 Å². The van der Waals surface area contributed by atoms with Crippen molar-refractivity contribution < 1.29 is 23.0 Å². The molecule has 120 valence electrons. The van der Waals surface area contributed by atoms with Crippen LogP contribution in [0.3, 0.4) is 0 Å². The zero-order chi connectivity index (χ0) is 16.1. The molecule has 8 heteroatoms. The minimum atomic E-state index is -0.860. The second-order valence-electron chi connectivity index (χ2n) is 5.14. The van der Waals surface area contributed by atoms with E-state index in [1.807, 2.05) is 0 Å². The van der Waals surface area contributed by atoms with Gasteiger partial charge in [0.2, 0.25) is 0 Å². The fourth-order valence-electron chi connectivity index (χ4n) is 2.57. The molecule has 1 aromatic rings. The van der Waals surface area contributed by atoms with Crippen molar-refractivity contribution in [3.8, 4) is 0 Å². The van der Waals surface area contributed by atoms with Gasteiger partial charge in [-0.15, -0.1) is 0 Å². The highest BCUT2D eigenvalue weighted by Crippen LogP contribution is 2.30. The van der Waals surface area contributed by atoms with Crippen LogP contribution in [0.5, 0.6) is 0 Å². The first-order valence-electron chi connectivity index (χ1n) is 7.25. The second-order valence-corrected chi connectivity index (χ2v) is 5.14. The third-order valence-corrected chi connectivity index (χ3v) is 3.63. The summed E-state index contributed by atoms with van der Waals surface area (Å²) in [6, 6.07) is 1.94. The fourth-order valence-corrected chi connectivity index (χ4v) is 2.57.